The first-order valence-electron chi connectivity index (χ1n) is 10.2. The summed E-state index contributed by atoms with van der Waals surface area (Å²) in [5, 5.41) is 7.12. The third-order valence-electron chi connectivity index (χ3n) is 5.77. The summed E-state index contributed by atoms with van der Waals surface area (Å²) in [5.74, 6) is -2.58. The number of carboxylic acids is 1. The van der Waals surface area contributed by atoms with Crippen molar-refractivity contribution in [1.82, 2.24) is 14.8 Å². The summed E-state index contributed by atoms with van der Waals surface area (Å²) in [6.07, 6.45) is 4.13. The van der Waals surface area contributed by atoms with Gasteiger partial charge in [-0.15, -0.1) is 0 Å². The first kappa shape index (κ1) is 26.0. The number of rotatable bonds is 5. The molecule has 12 heteroatoms. The van der Waals surface area contributed by atoms with E-state index in [1.807, 2.05) is 29.4 Å². The zero-order valence-corrected chi connectivity index (χ0v) is 18.7. The maximum Gasteiger partial charge on any atom is 0.490 e. The van der Waals surface area contributed by atoms with E-state index in [0.29, 0.717) is 13.0 Å². The van der Waals surface area contributed by atoms with E-state index in [9.17, 15) is 26.4 Å². The smallest absolute Gasteiger partial charge is 0.475 e. The lowest BCUT2D eigenvalue weighted by Crippen LogP contribution is -2.48. The van der Waals surface area contributed by atoms with Gasteiger partial charge in [0.15, 0.2) is 0 Å². The van der Waals surface area contributed by atoms with E-state index in [2.05, 4.69) is 9.88 Å². The van der Waals surface area contributed by atoms with Crippen LogP contribution in [0.1, 0.15) is 37.7 Å². The highest BCUT2D eigenvalue weighted by Gasteiger charge is 2.45. The number of pyridine rings is 1. The monoisotopic (exact) mass is 479 g/mol. The number of nitrogens with zero attached hydrogens (tertiary/aromatic N) is 3. The molecule has 1 amide bonds. The van der Waals surface area contributed by atoms with Gasteiger partial charge in [-0.2, -0.15) is 13.2 Å². The van der Waals surface area contributed by atoms with Crippen LogP contribution < -0.4 is 0 Å². The zero-order chi connectivity index (χ0) is 24.0. The number of carbonyl (C=O) groups excluding carboxylic acids is 1. The van der Waals surface area contributed by atoms with Crippen molar-refractivity contribution in [3.8, 4) is 0 Å². The molecule has 0 bridgehead atoms. The molecule has 2 saturated heterocycles. The van der Waals surface area contributed by atoms with Crippen LogP contribution in [0.25, 0.3) is 0 Å². The van der Waals surface area contributed by atoms with Crippen molar-refractivity contribution in [2.75, 3.05) is 31.6 Å². The summed E-state index contributed by atoms with van der Waals surface area (Å²) in [6.45, 7) is 3.18. The predicted molar refractivity (Wildman–Crippen MR) is 110 cm³/mol. The fourth-order valence-electron chi connectivity index (χ4n) is 4.15. The molecule has 1 aromatic heterocycles. The standard InChI is InChI=1S/C18H27N3O3S.C2HF3O2/c1-25(23,24)14-13-21-17(22)3-7-18(21)6-2-11-20(12-8-18)15-16-4-9-19-10-5-16;3-2(4,5)1(6)7/h4-5,9-10H,2-3,6-8,11-15H2,1H3;(H,6,7). The van der Waals surface area contributed by atoms with Crippen molar-refractivity contribution in [2.24, 2.45) is 0 Å². The van der Waals surface area contributed by atoms with Gasteiger partial charge >= 0.3 is 12.1 Å². The number of carboxylic acid groups (broad SMARTS) is 1. The van der Waals surface area contributed by atoms with Gasteiger partial charge in [-0.05, 0) is 49.9 Å². The Balaban J connectivity index is 0.000000451. The Hall–Kier alpha value is -2.21. The van der Waals surface area contributed by atoms with E-state index >= 15 is 0 Å². The molecule has 1 spiro atoms. The molecule has 2 fully saturated rings. The Labute approximate surface area is 185 Å². The number of carbonyl (C=O) groups is 2. The van der Waals surface area contributed by atoms with Gasteiger partial charge in [0.2, 0.25) is 5.91 Å². The lowest BCUT2D eigenvalue weighted by molar-refractivity contribution is -0.192. The molecule has 3 heterocycles. The minimum Gasteiger partial charge on any atom is -0.475 e. The Morgan fingerprint density at radius 3 is 2.38 bits per heavy atom. The molecule has 1 aromatic rings. The number of halogens is 3. The molecule has 180 valence electrons. The van der Waals surface area contributed by atoms with E-state index < -0.39 is 22.0 Å². The van der Waals surface area contributed by atoms with Crippen LogP contribution in [0, 0.1) is 0 Å². The van der Waals surface area contributed by atoms with Crippen molar-refractivity contribution in [3.05, 3.63) is 30.1 Å². The summed E-state index contributed by atoms with van der Waals surface area (Å²) in [4.78, 5) is 29.6. The molecule has 0 saturated carbocycles. The van der Waals surface area contributed by atoms with E-state index in [0.717, 1.165) is 45.3 Å². The number of alkyl halides is 3. The van der Waals surface area contributed by atoms with Crippen molar-refractivity contribution >= 4 is 21.7 Å². The average molecular weight is 480 g/mol. The number of likely N-dealkylation sites (tertiary alicyclic amines) is 2. The molecule has 2 aliphatic rings. The van der Waals surface area contributed by atoms with Gasteiger partial charge in [0.1, 0.15) is 9.84 Å². The molecule has 3 rings (SSSR count). The average Bonchev–Trinajstić information content (AvgIpc) is 2.86. The van der Waals surface area contributed by atoms with E-state index in [1.165, 1.54) is 11.8 Å². The Bertz CT molecular complexity index is 895. The summed E-state index contributed by atoms with van der Waals surface area (Å²) in [7, 11) is -3.06. The molecular weight excluding hydrogens is 451 g/mol. The maximum absolute atomic E-state index is 12.4. The van der Waals surface area contributed by atoms with Gasteiger partial charge in [-0.1, -0.05) is 0 Å². The summed E-state index contributed by atoms with van der Waals surface area (Å²) in [6, 6.07) is 4.08. The van der Waals surface area contributed by atoms with Gasteiger partial charge in [0, 0.05) is 50.2 Å². The topological polar surface area (TPSA) is 108 Å². The molecule has 1 N–H and O–H groups in total. The summed E-state index contributed by atoms with van der Waals surface area (Å²) < 4.78 is 54.8. The van der Waals surface area contributed by atoms with Crippen LogP contribution in [0.5, 0.6) is 0 Å². The molecule has 0 radical (unpaired) electrons. The van der Waals surface area contributed by atoms with Crippen LogP contribution in [-0.2, 0) is 26.0 Å². The van der Waals surface area contributed by atoms with Gasteiger partial charge in [-0.25, -0.2) is 13.2 Å². The van der Waals surface area contributed by atoms with Gasteiger partial charge in [0.25, 0.3) is 0 Å². The highest BCUT2D eigenvalue weighted by Crippen LogP contribution is 2.39. The summed E-state index contributed by atoms with van der Waals surface area (Å²) in [5.41, 5.74) is 1.11. The number of sulfone groups is 1. The first-order valence-corrected chi connectivity index (χ1v) is 12.3. The first-order chi connectivity index (χ1) is 14.8. The lowest BCUT2D eigenvalue weighted by atomic mass is 9.88. The molecule has 1 atom stereocenters. The van der Waals surface area contributed by atoms with Crippen LogP contribution in [0.4, 0.5) is 13.2 Å². The molecule has 0 aliphatic carbocycles. The Kier molecular flexibility index (Phi) is 8.63. The number of hydrogen-bond acceptors (Lipinski definition) is 6. The Morgan fingerprint density at radius 2 is 1.81 bits per heavy atom. The molecule has 8 nitrogen and oxygen atoms in total. The molecule has 32 heavy (non-hydrogen) atoms. The van der Waals surface area contributed by atoms with Crippen molar-refractivity contribution in [1.29, 1.82) is 0 Å². The molecule has 0 aromatic carbocycles. The largest absolute Gasteiger partial charge is 0.490 e. The normalized spacial score (nSPS) is 22.4. The number of aliphatic carboxylic acids is 1. The second kappa shape index (κ2) is 10.6. The fourth-order valence-corrected chi connectivity index (χ4v) is 4.67. The lowest BCUT2D eigenvalue weighted by Gasteiger charge is -2.38. The van der Waals surface area contributed by atoms with Crippen molar-refractivity contribution < 1.29 is 36.3 Å². The Morgan fingerprint density at radius 1 is 1.19 bits per heavy atom. The van der Waals surface area contributed by atoms with Gasteiger partial charge in [-0.3, -0.25) is 14.7 Å². The number of hydrogen-bond donors (Lipinski definition) is 1. The molecule has 1 unspecified atom stereocenters. The minimum atomic E-state index is -5.08. The van der Waals surface area contributed by atoms with E-state index in [-0.39, 0.29) is 17.2 Å². The van der Waals surface area contributed by atoms with E-state index in [1.54, 1.807) is 0 Å². The maximum atomic E-state index is 12.4. The van der Waals surface area contributed by atoms with Crippen molar-refractivity contribution in [3.63, 3.8) is 0 Å². The second-order valence-corrected chi connectivity index (χ2v) is 10.4. The predicted octanol–water partition coefficient (Wildman–Crippen LogP) is 2.11. The third-order valence-corrected chi connectivity index (χ3v) is 6.70. The quantitative estimate of drug-likeness (QED) is 0.689. The van der Waals surface area contributed by atoms with Crippen molar-refractivity contribution in [2.45, 2.75) is 50.4 Å². The number of amides is 1. The zero-order valence-electron chi connectivity index (χ0n) is 17.8. The van der Waals surface area contributed by atoms with Gasteiger partial charge < -0.3 is 10.0 Å². The highest BCUT2D eigenvalue weighted by molar-refractivity contribution is 7.90. The molecule has 2 aliphatic heterocycles. The SMILES string of the molecule is CS(=O)(=O)CCN1C(=O)CCC12CCCN(Cc1ccncc1)CC2.O=C(O)C(F)(F)F. The minimum absolute atomic E-state index is 0.0568. The van der Waals surface area contributed by atoms with E-state index in [4.69, 9.17) is 9.90 Å². The van der Waals surface area contributed by atoms with Crippen LogP contribution in [0.15, 0.2) is 24.5 Å². The van der Waals surface area contributed by atoms with Crippen LogP contribution in [-0.4, -0.2) is 83.5 Å². The van der Waals surface area contributed by atoms with Crippen LogP contribution in [0.2, 0.25) is 0 Å². The van der Waals surface area contributed by atoms with Gasteiger partial charge in [0.05, 0.1) is 5.75 Å². The molecular formula is C20H28F3N3O5S. The fraction of sp³-hybridized carbons (Fsp3) is 0.650. The third kappa shape index (κ3) is 7.73. The van der Waals surface area contributed by atoms with Crippen LogP contribution in [0.3, 0.4) is 0 Å². The van der Waals surface area contributed by atoms with Crippen LogP contribution >= 0.6 is 0 Å². The highest BCUT2D eigenvalue weighted by atomic mass is 32.2. The summed E-state index contributed by atoms with van der Waals surface area (Å²) >= 11 is 0. The second-order valence-electron chi connectivity index (χ2n) is 8.19. The number of aromatic nitrogens is 1.